The molecule has 2 N–H and O–H groups in total. The van der Waals surface area contributed by atoms with Crippen molar-refractivity contribution < 1.29 is 4.79 Å². The number of hydrogen-bond donors (Lipinski definition) is 1. The zero-order valence-corrected chi connectivity index (χ0v) is 15.8. The third-order valence-corrected chi connectivity index (χ3v) is 5.12. The van der Waals surface area contributed by atoms with Crippen molar-refractivity contribution in [3.05, 3.63) is 41.3 Å². The Hall–Kier alpha value is -2.14. The number of aryl methyl sites for hydroxylation is 1. The van der Waals surface area contributed by atoms with Crippen LogP contribution in [0.25, 0.3) is 11.3 Å². The van der Waals surface area contributed by atoms with Crippen LogP contribution < -0.4 is 5.73 Å². The average Bonchev–Trinajstić information content (AvgIpc) is 2.96. The molecule has 0 aliphatic carbocycles. The van der Waals surface area contributed by atoms with E-state index < -0.39 is 5.54 Å². The summed E-state index contributed by atoms with van der Waals surface area (Å²) in [6, 6.07) is 8.50. The Kier molecular flexibility index (Phi) is 4.45. The van der Waals surface area contributed by atoms with Gasteiger partial charge in [-0.2, -0.15) is 0 Å². The van der Waals surface area contributed by atoms with Gasteiger partial charge in [0, 0.05) is 24.3 Å². The minimum atomic E-state index is -0.471. The normalized spacial score (nSPS) is 16.2. The van der Waals surface area contributed by atoms with Crippen LogP contribution in [0.5, 0.6) is 0 Å². The lowest BCUT2D eigenvalue weighted by atomic mass is 9.98. The molecule has 2 aromatic rings. The zero-order valence-electron chi connectivity index (χ0n) is 15.8. The van der Waals surface area contributed by atoms with Crippen LogP contribution in [0.15, 0.2) is 24.3 Å². The Balaban J connectivity index is 2.17. The minimum absolute atomic E-state index is 0.0257. The highest BCUT2D eigenvalue weighted by Crippen LogP contribution is 2.38. The van der Waals surface area contributed by atoms with Crippen molar-refractivity contribution in [1.82, 2.24) is 14.5 Å². The molecule has 1 aromatic heterocycles. The molecule has 2 heterocycles. The Morgan fingerprint density at radius 3 is 2.44 bits per heavy atom. The third-order valence-electron chi connectivity index (χ3n) is 5.12. The molecule has 5 heteroatoms. The second-order valence-corrected chi connectivity index (χ2v) is 7.65. The van der Waals surface area contributed by atoms with Crippen LogP contribution in [0, 0.1) is 6.92 Å². The monoisotopic (exact) mass is 340 g/mol. The van der Waals surface area contributed by atoms with E-state index in [1.807, 2.05) is 4.90 Å². The molecule has 1 aliphatic rings. The number of aromatic nitrogens is 2. The van der Waals surface area contributed by atoms with Gasteiger partial charge in [0.2, 0.25) is 5.91 Å². The molecule has 0 saturated heterocycles. The average molecular weight is 340 g/mol. The van der Waals surface area contributed by atoms with E-state index in [9.17, 15) is 4.79 Å². The molecule has 5 nitrogen and oxygen atoms in total. The standard InChI is InChI=1S/C20H28N4O/c1-13(2)18-17(15-8-6-14(3)7-9-15)22-19-20(4,5)24(16(25)12-21)11-10-23(18)19/h6-9,13H,10-12,21H2,1-5H3. The Morgan fingerprint density at radius 2 is 1.88 bits per heavy atom. The third kappa shape index (κ3) is 2.86. The lowest BCUT2D eigenvalue weighted by Gasteiger charge is -2.42. The van der Waals surface area contributed by atoms with E-state index in [0.29, 0.717) is 12.5 Å². The summed E-state index contributed by atoms with van der Waals surface area (Å²) in [6.45, 7) is 12.1. The van der Waals surface area contributed by atoms with E-state index in [0.717, 1.165) is 23.6 Å². The van der Waals surface area contributed by atoms with E-state index in [1.165, 1.54) is 11.3 Å². The smallest absolute Gasteiger partial charge is 0.237 e. The van der Waals surface area contributed by atoms with Crippen molar-refractivity contribution in [2.75, 3.05) is 13.1 Å². The summed E-state index contributed by atoms with van der Waals surface area (Å²) in [7, 11) is 0. The maximum atomic E-state index is 12.3. The second kappa shape index (κ2) is 6.30. The second-order valence-electron chi connectivity index (χ2n) is 7.65. The van der Waals surface area contributed by atoms with Gasteiger partial charge in [-0.25, -0.2) is 4.98 Å². The van der Waals surface area contributed by atoms with Crippen LogP contribution >= 0.6 is 0 Å². The van der Waals surface area contributed by atoms with Gasteiger partial charge >= 0.3 is 0 Å². The molecule has 0 saturated carbocycles. The van der Waals surface area contributed by atoms with E-state index >= 15 is 0 Å². The number of rotatable bonds is 3. The molecule has 0 spiro atoms. The first kappa shape index (κ1) is 17.7. The number of nitrogens with two attached hydrogens (primary N) is 1. The molecule has 0 unspecified atom stereocenters. The largest absolute Gasteiger partial charge is 0.327 e. The van der Waals surface area contributed by atoms with Crippen LogP contribution in [-0.2, 0) is 16.9 Å². The minimum Gasteiger partial charge on any atom is -0.327 e. The fraction of sp³-hybridized carbons (Fsp3) is 0.500. The molecule has 0 atom stereocenters. The molecular formula is C20H28N4O. The summed E-state index contributed by atoms with van der Waals surface area (Å²) < 4.78 is 2.31. The van der Waals surface area contributed by atoms with Gasteiger partial charge in [0.25, 0.3) is 0 Å². The SMILES string of the molecule is Cc1ccc(-c2nc3n(c2C(C)C)CCN(C(=O)CN)C3(C)C)cc1. The number of carbonyl (C=O) groups is 1. The molecule has 134 valence electrons. The molecule has 25 heavy (non-hydrogen) atoms. The fourth-order valence-electron chi connectivity index (χ4n) is 3.81. The summed E-state index contributed by atoms with van der Waals surface area (Å²) >= 11 is 0. The first-order chi connectivity index (χ1) is 11.8. The Morgan fingerprint density at radius 1 is 1.24 bits per heavy atom. The number of carbonyl (C=O) groups excluding carboxylic acids is 1. The van der Waals surface area contributed by atoms with Gasteiger partial charge in [0.15, 0.2) is 0 Å². The maximum Gasteiger partial charge on any atom is 0.237 e. The number of hydrogen-bond acceptors (Lipinski definition) is 3. The molecule has 3 rings (SSSR count). The first-order valence-corrected chi connectivity index (χ1v) is 8.95. The first-order valence-electron chi connectivity index (χ1n) is 8.95. The van der Waals surface area contributed by atoms with Crippen molar-refractivity contribution >= 4 is 5.91 Å². The summed E-state index contributed by atoms with van der Waals surface area (Å²) in [5.74, 6) is 1.27. The van der Waals surface area contributed by atoms with E-state index in [-0.39, 0.29) is 12.5 Å². The number of benzene rings is 1. The van der Waals surface area contributed by atoms with Crippen LogP contribution in [0.3, 0.4) is 0 Å². The van der Waals surface area contributed by atoms with Crippen LogP contribution in [0.1, 0.15) is 50.7 Å². The Bertz CT molecular complexity index is 787. The Labute approximate surface area is 149 Å². The van der Waals surface area contributed by atoms with Crippen LogP contribution in [0.4, 0.5) is 0 Å². The van der Waals surface area contributed by atoms with Crippen molar-refractivity contribution in [2.24, 2.45) is 5.73 Å². The van der Waals surface area contributed by atoms with Crippen molar-refractivity contribution in [2.45, 2.75) is 52.6 Å². The highest BCUT2D eigenvalue weighted by molar-refractivity contribution is 5.79. The molecular weight excluding hydrogens is 312 g/mol. The molecule has 1 amide bonds. The van der Waals surface area contributed by atoms with Gasteiger partial charge in [-0.1, -0.05) is 43.7 Å². The predicted octanol–water partition coefficient (Wildman–Crippen LogP) is 3.02. The molecule has 1 aliphatic heterocycles. The van der Waals surface area contributed by atoms with Gasteiger partial charge < -0.3 is 15.2 Å². The topological polar surface area (TPSA) is 64.2 Å². The highest BCUT2D eigenvalue weighted by Gasteiger charge is 2.41. The quantitative estimate of drug-likeness (QED) is 0.934. The predicted molar refractivity (Wildman–Crippen MR) is 100 cm³/mol. The summed E-state index contributed by atoms with van der Waals surface area (Å²) in [4.78, 5) is 19.2. The van der Waals surface area contributed by atoms with E-state index in [1.54, 1.807) is 0 Å². The summed E-state index contributed by atoms with van der Waals surface area (Å²) in [6.07, 6.45) is 0. The lowest BCUT2D eigenvalue weighted by molar-refractivity contribution is -0.137. The number of nitrogens with zero attached hydrogens (tertiary/aromatic N) is 3. The van der Waals surface area contributed by atoms with Crippen molar-refractivity contribution in [1.29, 1.82) is 0 Å². The zero-order chi connectivity index (χ0) is 18.4. The van der Waals surface area contributed by atoms with Gasteiger partial charge in [-0.05, 0) is 26.7 Å². The van der Waals surface area contributed by atoms with Gasteiger partial charge in [0.05, 0.1) is 17.8 Å². The van der Waals surface area contributed by atoms with Gasteiger partial charge in [0.1, 0.15) is 5.82 Å². The van der Waals surface area contributed by atoms with Gasteiger partial charge in [-0.3, -0.25) is 4.79 Å². The van der Waals surface area contributed by atoms with Gasteiger partial charge in [-0.15, -0.1) is 0 Å². The molecule has 0 bridgehead atoms. The lowest BCUT2D eigenvalue weighted by Crippen LogP contribution is -2.53. The molecule has 1 aromatic carbocycles. The van der Waals surface area contributed by atoms with Crippen LogP contribution in [0.2, 0.25) is 0 Å². The number of amides is 1. The molecule has 0 radical (unpaired) electrons. The van der Waals surface area contributed by atoms with E-state index in [4.69, 9.17) is 10.7 Å². The number of imidazole rings is 1. The molecule has 0 fully saturated rings. The fourth-order valence-corrected chi connectivity index (χ4v) is 3.81. The van der Waals surface area contributed by atoms with E-state index in [2.05, 4.69) is 63.5 Å². The van der Waals surface area contributed by atoms with Crippen LogP contribution in [-0.4, -0.2) is 33.4 Å². The summed E-state index contributed by atoms with van der Waals surface area (Å²) in [5.41, 5.74) is 9.78. The summed E-state index contributed by atoms with van der Waals surface area (Å²) in [5, 5.41) is 0. The van der Waals surface area contributed by atoms with Crippen molar-refractivity contribution in [3.63, 3.8) is 0 Å². The highest BCUT2D eigenvalue weighted by atomic mass is 16.2. The van der Waals surface area contributed by atoms with Crippen molar-refractivity contribution in [3.8, 4) is 11.3 Å². The maximum absolute atomic E-state index is 12.3. The number of fused-ring (bicyclic) bond motifs is 1.